The van der Waals surface area contributed by atoms with Gasteiger partial charge in [0.1, 0.15) is 28.3 Å². The van der Waals surface area contributed by atoms with E-state index in [-0.39, 0.29) is 0 Å². The molecule has 0 spiro atoms. The van der Waals surface area contributed by atoms with Crippen molar-refractivity contribution in [2.75, 3.05) is 0 Å². The summed E-state index contributed by atoms with van der Waals surface area (Å²) in [5.74, 6) is 2.48. The van der Waals surface area contributed by atoms with Crippen LogP contribution in [0.2, 0.25) is 0 Å². The molecule has 152 valence electrons. The molecule has 7 rings (SSSR count). The van der Waals surface area contributed by atoms with E-state index in [0.29, 0.717) is 28.3 Å². The molecule has 2 aliphatic heterocycles. The number of benzene rings is 5. The smallest absolute Gasteiger partial charge is 0.186 e. The second kappa shape index (κ2) is 6.35. The van der Waals surface area contributed by atoms with E-state index >= 15 is 4.57 Å². The fourth-order valence-electron chi connectivity index (χ4n) is 4.88. The lowest BCUT2D eigenvalue weighted by Gasteiger charge is -2.35. The summed E-state index contributed by atoms with van der Waals surface area (Å²) in [4.78, 5) is 0. The maximum absolute atomic E-state index is 15.2. The van der Waals surface area contributed by atoms with Gasteiger partial charge in [0.15, 0.2) is 7.14 Å². The molecule has 0 aromatic heterocycles. The van der Waals surface area contributed by atoms with Gasteiger partial charge in [-0.3, -0.25) is 0 Å². The number of hydrogen-bond donors (Lipinski definition) is 0. The highest BCUT2D eigenvalue weighted by Gasteiger charge is 2.47. The molecule has 0 amide bonds. The molecule has 3 nitrogen and oxygen atoms in total. The van der Waals surface area contributed by atoms with Gasteiger partial charge < -0.3 is 14.0 Å². The molecule has 5 aromatic rings. The van der Waals surface area contributed by atoms with Crippen LogP contribution >= 0.6 is 7.14 Å². The molecule has 0 N–H and O–H groups in total. The molecule has 0 saturated carbocycles. The topological polar surface area (TPSA) is 35.5 Å². The predicted molar refractivity (Wildman–Crippen MR) is 129 cm³/mol. The van der Waals surface area contributed by atoms with Gasteiger partial charge in [-0.05, 0) is 52.2 Å². The van der Waals surface area contributed by atoms with Crippen LogP contribution < -0.4 is 25.4 Å². The summed E-state index contributed by atoms with van der Waals surface area (Å²) in [6.45, 7) is 0. The Bertz CT molecular complexity index is 1590. The highest BCUT2D eigenvalue weighted by atomic mass is 31.2. The van der Waals surface area contributed by atoms with E-state index in [1.54, 1.807) is 0 Å². The van der Waals surface area contributed by atoms with Crippen molar-refractivity contribution in [3.8, 4) is 34.1 Å². The van der Waals surface area contributed by atoms with Crippen molar-refractivity contribution in [1.29, 1.82) is 0 Å². The number of rotatable bonds is 1. The lowest BCUT2D eigenvalue weighted by molar-refractivity contribution is 0.462. The Morgan fingerprint density at radius 1 is 0.531 bits per heavy atom. The van der Waals surface area contributed by atoms with Gasteiger partial charge in [0.05, 0.1) is 10.6 Å². The number of para-hydroxylation sites is 1. The van der Waals surface area contributed by atoms with Crippen molar-refractivity contribution in [3.63, 3.8) is 0 Å². The minimum atomic E-state index is -3.22. The first-order valence-corrected chi connectivity index (χ1v) is 12.3. The van der Waals surface area contributed by atoms with Crippen LogP contribution in [-0.4, -0.2) is 0 Å². The van der Waals surface area contributed by atoms with Crippen molar-refractivity contribution in [3.05, 3.63) is 103 Å². The first kappa shape index (κ1) is 17.8. The maximum atomic E-state index is 15.2. The molecule has 1 unspecified atom stereocenters. The van der Waals surface area contributed by atoms with Crippen molar-refractivity contribution in [2.24, 2.45) is 0 Å². The van der Waals surface area contributed by atoms with E-state index < -0.39 is 7.14 Å². The van der Waals surface area contributed by atoms with E-state index in [1.807, 2.05) is 91.0 Å². The molecule has 0 saturated heterocycles. The standard InChI is InChI=1S/C28H17O3P/c29-32-26-13-7-6-12-22(26)30-24-16-20(18-8-2-1-3-9-18)17-25(28(24)32)31-23-15-14-19-10-4-5-11-21(19)27(23)32/h1-17H. The molecule has 0 fully saturated rings. The van der Waals surface area contributed by atoms with Crippen molar-refractivity contribution in [1.82, 2.24) is 0 Å². The normalized spacial score (nSPS) is 17.5. The van der Waals surface area contributed by atoms with Gasteiger partial charge in [-0.1, -0.05) is 72.8 Å². The summed E-state index contributed by atoms with van der Waals surface area (Å²) in [6, 6.07) is 33.7. The first-order valence-electron chi connectivity index (χ1n) is 10.6. The fraction of sp³-hybridized carbons (Fsp3) is 0. The lowest BCUT2D eigenvalue weighted by atomic mass is 10.0. The highest BCUT2D eigenvalue weighted by molar-refractivity contribution is 7.86. The predicted octanol–water partition coefficient (Wildman–Crippen LogP) is 6.36. The van der Waals surface area contributed by atoms with Gasteiger partial charge in [0.2, 0.25) is 0 Å². The van der Waals surface area contributed by atoms with Crippen LogP contribution in [0.4, 0.5) is 0 Å². The molecule has 32 heavy (non-hydrogen) atoms. The third kappa shape index (κ3) is 2.29. The van der Waals surface area contributed by atoms with Crippen LogP contribution in [0, 0.1) is 0 Å². The summed E-state index contributed by atoms with van der Waals surface area (Å²) >= 11 is 0. The Morgan fingerprint density at radius 2 is 1.22 bits per heavy atom. The zero-order valence-corrected chi connectivity index (χ0v) is 17.9. The van der Waals surface area contributed by atoms with Gasteiger partial charge >= 0.3 is 0 Å². The second-order valence-electron chi connectivity index (χ2n) is 8.10. The Morgan fingerprint density at radius 3 is 2.06 bits per heavy atom. The second-order valence-corrected chi connectivity index (χ2v) is 10.7. The van der Waals surface area contributed by atoms with Crippen LogP contribution in [0.15, 0.2) is 103 Å². The van der Waals surface area contributed by atoms with Crippen LogP contribution in [0.5, 0.6) is 23.0 Å². The van der Waals surface area contributed by atoms with Crippen LogP contribution in [0.3, 0.4) is 0 Å². The van der Waals surface area contributed by atoms with E-state index in [4.69, 9.17) is 9.47 Å². The van der Waals surface area contributed by atoms with Gasteiger partial charge in [-0.25, -0.2) is 0 Å². The Labute approximate surface area is 185 Å². The Balaban J connectivity index is 1.61. The van der Waals surface area contributed by atoms with Gasteiger partial charge in [-0.2, -0.15) is 0 Å². The Hall–Kier alpha value is -3.81. The molecule has 2 heterocycles. The van der Waals surface area contributed by atoms with Gasteiger partial charge in [-0.15, -0.1) is 0 Å². The van der Waals surface area contributed by atoms with Crippen LogP contribution in [0.1, 0.15) is 0 Å². The molecule has 0 aliphatic carbocycles. The fourth-order valence-corrected chi connectivity index (χ4v) is 8.13. The Kier molecular flexibility index (Phi) is 3.54. The molecule has 0 radical (unpaired) electrons. The summed E-state index contributed by atoms with van der Waals surface area (Å²) in [5, 5.41) is 4.13. The number of ether oxygens (including phenoxy) is 2. The zero-order chi connectivity index (χ0) is 21.3. The third-order valence-electron chi connectivity index (χ3n) is 6.28. The number of fused-ring (bicyclic) bond motifs is 6. The summed E-state index contributed by atoms with van der Waals surface area (Å²) in [5.41, 5.74) is 2.02. The molecule has 5 aromatic carbocycles. The SMILES string of the molecule is O=P12c3ccccc3Oc3cc(-c4ccccc4)cc(c31)Oc1ccc3ccccc3c12. The summed E-state index contributed by atoms with van der Waals surface area (Å²) in [6.07, 6.45) is 0. The van der Waals surface area contributed by atoms with Gasteiger partial charge in [0.25, 0.3) is 0 Å². The minimum absolute atomic E-state index is 0.599. The molecule has 1 atom stereocenters. The minimum Gasteiger partial charge on any atom is -0.456 e. The van der Waals surface area contributed by atoms with E-state index in [9.17, 15) is 0 Å². The molecular formula is C28H17O3P. The lowest BCUT2D eigenvalue weighted by Crippen LogP contribution is -2.35. The molecule has 2 aliphatic rings. The van der Waals surface area contributed by atoms with Crippen molar-refractivity contribution < 1.29 is 14.0 Å². The average Bonchev–Trinajstić information content (AvgIpc) is 2.84. The first-order chi connectivity index (χ1) is 15.7. The van der Waals surface area contributed by atoms with Crippen LogP contribution in [0.25, 0.3) is 21.9 Å². The van der Waals surface area contributed by atoms with Gasteiger partial charge in [0, 0.05) is 0 Å². The maximum Gasteiger partial charge on any atom is 0.186 e. The van der Waals surface area contributed by atoms with E-state index in [2.05, 4.69) is 12.1 Å². The number of hydrogen-bond acceptors (Lipinski definition) is 3. The largest absolute Gasteiger partial charge is 0.456 e. The summed E-state index contributed by atoms with van der Waals surface area (Å²) < 4.78 is 28.0. The van der Waals surface area contributed by atoms with E-state index in [1.165, 1.54) is 0 Å². The highest BCUT2D eigenvalue weighted by Crippen LogP contribution is 2.59. The van der Waals surface area contributed by atoms with Crippen molar-refractivity contribution in [2.45, 2.75) is 0 Å². The van der Waals surface area contributed by atoms with Crippen molar-refractivity contribution >= 4 is 33.8 Å². The quantitative estimate of drug-likeness (QED) is 0.283. The van der Waals surface area contributed by atoms with Crippen LogP contribution in [-0.2, 0) is 4.57 Å². The molecule has 0 bridgehead atoms. The zero-order valence-electron chi connectivity index (χ0n) is 17.0. The summed E-state index contributed by atoms with van der Waals surface area (Å²) in [7, 11) is -3.22. The monoisotopic (exact) mass is 432 g/mol. The van der Waals surface area contributed by atoms with E-state index in [0.717, 1.165) is 32.5 Å². The average molecular weight is 432 g/mol. The molecule has 4 heteroatoms. The molecular weight excluding hydrogens is 415 g/mol. The third-order valence-corrected chi connectivity index (χ3v) is 9.49.